The number of anilines is 1. The Balaban J connectivity index is 1.64. The first kappa shape index (κ1) is 23.4. The van der Waals surface area contributed by atoms with Gasteiger partial charge in [-0.15, -0.1) is 11.3 Å². The van der Waals surface area contributed by atoms with Crippen LogP contribution in [0.25, 0.3) is 0 Å². The molecular formula is C21H28N4O4S2. The molecule has 10 heteroatoms. The van der Waals surface area contributed by atoms with Gasteiger partial charge in [0.25, 0.3) is 5.91 Å². The van der Waals surface area contributed by atoms with Crippen LogP contribution in [0.4, 0.5) is 5.13 Å². The number of nitrogens with one attached hydrogen (secondary N) is 1. The van der Waals surface area contributed by atoms with Gasteiger partial charge in [-0.1, -0.05) is 19.9 Å². The van der Waals surface area contributed by atoms with Crippen LogP contribution in [0.1, 0.15) is 42.7 Å². The lowest BCUT2D eigenvalue weighted by Crippen LogP contribution is -2.41. The topological polar surface area (TPSA) is 99.7 Å². The molecule has 0 unspecified atom stereocenters. The van der Waals surface area contributed by atoms with E-state index in [0.717, 1.165) is 5.69 Å². The first-order valence-corrected chi connectivity index (χ1v) is 12.7. The summed E-state index contributed by atoms with van der Waals surface area (Å²) >= 11 is 1.39. The lowest BCUT2D eigenvalue weighted by molar-refractivity contribution is -0.121. The van der Waals surface area contributed by atoms with Crippen molar-refractivity contribution in [3.8, 4) is 0 Å². The molecule has 0 bridgehead atoms. The molecule has 31 heavy (non-hydrogen) atoms. The van der Waals surface area contributed by atoms with E-state index in [1.807, 2.05) is 12.3 Å². The highest BCUT2D eigenvalue weighted by Gasteiger charge is 2.29. The summed E-state index contributed by atoms with van der Waals surface area (Å²) in [5.74, 6) is -0.470. The fourth-order valence-electron chi connectivity index (χ4n) is 3.65. The molecular weight excluding hydrogens is 436 g/mol. The van der Waals surface area contributed by atoms with Crippen LogP contribution in [0.15, 0.2) is 34.5 Å². The highest BCUT2D eigenvalue weighted by Crippen LogP contribution is 2.23. The number of carbonyl (C=O) groups is 2. The predicted octanol–water partition coefficient (Wildman–Crippen LogP) is 2.97. The molecule has 1 fully saturated rings. The molecule has 1 aromatic heterocycles. The Bertz CT molecular complexity index is 1040. The molecule has 0 atom stereocenters. The van der Waals surface area contributed by atoms with Gasteiger partial charge in [0.05, 0.1) is 10.6 Å². The summed E-state index contributed by atoms with van der Waals surface area (Å²) in [6.07, 6.45) is 1.11. The van der Waals surface area contributed by atoms with Crippen LogP contribution in [0.3, 0.4) is 0 Å². The van der Waals surface area contributed by atoms with Crippen LogP contribution >= 0.6 is 11.3 Å². The van der Waals surface area contributed by atoms with E-state index in [0.29, 0.717) is 49.7 Å². The molecule has 0 saturated carbocycles. The van der Waals surface area contributed by atoms with E-state index in [1.165, 1.54) is 27.8 Å². The van der Waals surface area contributed by atoms with Crippen molar-refractivity contribution >= 4 is 38.3 Å². The molecule has 1 saturated heterocycles. The minimum absolute atomic E-state index is 0.0752. The number of hydrogen-bond acceptors (Lipinski definition) is 6. The van der Waals surface area contributed by atoms with Crippen LogP contribution in [-0.4, -0.2) is 60.6 Å². The summed E-state index contributed by atoms with van der Waals surface area (Å²) < 4.78 is 26.9. The smallest absolute Gasteiger partial charge is 0.253 e. The van der Waals surface area contributed by atoms with E-state index < -0.39 is 10.0 Å². The van der Waals surface area contributed by atoms with Crippen molar-refractivity contribution in [3.05, 3.63) is 40.9 Å². The first-order valence-electron chi connectivity index (χ1n) is 10.4. The summed E-state index contributed by atoms with van der Waals surface area (Å²) in [6, 6.07) is 6.19. The number of aryl methyl sites for hydroxylation is 1. The van der Waals surface area contributed by atoms with Crippen LogP contribution in [0, 0.1) is 12.8 Å². The molecule has 0 aliphatic carbocycles. The van der Waals surface area contributed by atoms with Gasteiger partial charge in [0.15, 0.2) is 5.13 Å². The number of rotatable bonds is 7. The number of nitrogens with zero attached hydrogens (tertiary/aromatic N) is 3. The number of thiazole rings is 1. The van der Waals surface area contributed by atoms with Crippen LogP contribution in [0.2, 0.25) is 0 Å². The molecule has 0 radical (unpaired) electrons. The zero-order chi connectivity index (χ0) is 22.6. The minimum Gasteiger partial charge on any atom is -0.339 e. The van der Waals surface area contributed by atoms with Crippen molar-refractivity contribution in [2.45, 2.75) is 38.5 Å². The largest absolute Gasteiger partial charge is 0.339 e. The van der Waals surface area contributed by atoms with Gasteiger partial charge in [-0.05, 0) is 38.0 Å². The van der Waals surface area contributed by atoms with Crippen LogP contribution in [0.5, 0.6) is 0 Å². The molecule has 2 amide bonds. The second-order valence-corrected chi connectivity index (χ2v) is 10.3. The standard InChI is InChI=1S/C21H28N4O4S2/c1-4-25(5-2)31(28,29)18-8-6-7-17(13-18)20(27)24-11-9-16(10-12-24)19(26)23-21-22-15(3)14-30-21/h6-8,13-14,16H,4-5,9-12H2,1-3H3,(H,22,23,26). The molecule has 1 aliphatic rings. The van der Waals surface area contributed by atoms with Crippen molar-refractivity contribution in [2.24, 2.45) is 5.92 Å². The van der Waals surface area contributed by atoms with E-state index in [-0.39, 0.29) is 22.6 Å². The third kappa shape index (κ3) is 5.31. The average Bonchev–Trinajstić information content (AvgIpc) is 3.18. The van der Waals surface area contributed by atoms with E-state index in [2.05, 4.69) is 10.3 Å². The monoisotopic (exact) mass is 464 g/mol. The summed E-state index contributed by atoms with van der Waals surface area (Å²) in [6.45, 7) is 7.07. The van der Waals surface area contributed by atoms with Gasteiger partial charge in [0.2, 0.25) is 15.9 Å². The zero-order valence-electron chi connectivity index (χ0n) is 18.0. The van der Waals surface area contributed by atoms with Crippen molar-refractivity contribution in [2.75, 3.05) is 31.5 Å². The number of aromatic nitrogens is 1. The SMILES string of the molecule is CCN(CC)S(=O)(=O)c1cccc(C(=O)N2CCC(C(=O)Nc3nc(C)cs3)CC2)c1. The molecule has 1 N–H and O–H groups in total. The van der Waals surface area contributed by atoms with E-state index in [1.54, 1.807) is 30.9 Å². The Morgan fingerprint density at radius 3 is 2.48 bits per heavy atom. The lowest BCUT2D eigenvalue weighted by Gasteiger charge is -2.31. The third-order valence-electron chi connectivity index (χ3n) is 5.43. The summed E-state index contributed by atoms with van der Waals surface area (Å²) in [7, 11) is -3.63. The second-order valence-electron chi connectivity index (χ2n) is 7.47. The molecule has 2 heterocycles. The van der Waals surface area contributed by atoms with Crippen LogP contribution in [-0.2, 0) is 14.8 Å². The molecule has 8 nitrogen and oxygen atoms in total. The maximum Gasteiger partial charge on any atom is 0.253 e. The van der Waals surface area contributed by atoms with Gasteiger partial charge >= 0.3 is 0 Å². The highest BCUT2D eigenvalue weighted by atomic mass is 32.2. The Labute approximate surface area is 187 Å². The third-order valence-corrected chi connectivity index (χ3v) is 8.35. The molecule has 3 rings (SSSR count). The number of carbonyl (C=O) groups excluding carboxylic acids is 2. The quantitative estimate of drug-likeness (QED) is 0.679. The number of piperidine rings is 1. The zero-order valence-corrected chi connectivity index (χ0v) is 19.6. The minimum atomic E-state index is -3.63. The summed E-state index contributed by atoms with van der Waals surface area (Å²) in [5.41, 5.74) is 1.21. The number of sulfonamides is 1. The maximum atomic E-state index is 13.0. The number of hydrogen-bond donors (Lipinski definition) is 1. The molecule has 168 valence electrons. The molecule has 2 aromatic rings. The van der Waals surface area contributed by atoms with E-state index >= 15 is 0 Å². The maximum absolute atomic E-state index is 13.0. The molecule has 0 spiro atoms. The van der Waals surface area contributed by atoms with E-state index in [4.69, 9.17) is 0 Å². The Kier molecular flexibility index (Phi) is 7.45. The van der Waals surface area contributed by atoms with Gasteiger partial charge in [-0.3, -0.25) is 9.59 Å². The van der Waals surface area contributed by atoms with Gasteiger partial charge in [0, 0.05) is 43.0 Å². The fourth-order valence-corrected chi connectivity index (χ4v) is 5.84. The fraction of sp³-hybridized carbons (Fsp3) is 0.476. The Morgan fingerprint density at radius 2 is 1.90 bits per heavy atom. The highest BCUT2D eigenvalue weighted by molar-refractivity contribution is 7.89. The van der Waals surface area contributed by atoms with Gasteiger partial charge < -0.3 is 10.2 Å². The van der Waals surface area contributed by atoms with Crippen molar-refractivity contribution in [1.29, 1.82) is 0 Å². The van der Waals surface area contributed by atoms with Gasteiger partial charge in [-0.25, -0.2) is 13.4 Å². The molecule has 1 aliphatic heterocycles. The van der Waals surface area contributed by atoms with Crippen molar-refractivity contribution in [3.63, 3.8) is 0 Å². The number of amides is 2. The number of likely N-dealkylation sites (tertiary alicyclic amines) is 1. The summed E-state index contributed by atoms with van der Waals surface area (Å²) in [4.78, 5) is 31.5. The van der Waals surface area contributed by atoms with Crippen molar-refractivity contribution in [1.82, 2.24) is 14.2 Å². The molecule has 1 aromatic carbocycles. The normalized spacial score (nSPS) is 15.3. The first-order chi connectivity index (χ1) is 14.8. The number of benzene rings is 1. The Morgan fingerprint density at radius 1 is 1.23 bits per heavy atom. The summed E-state index contributed by atoms with van der Waals surface area (Å²) in [5, 5.41) is 5.32. The van der Waals surface area contributed by atoms with Gasteiger partial charge in [-0.2, -0.15) is 4.31 Å². The van der Waals surface area contributed by atoms with Gasteiger partial charge in [0.1, 0.15) is 0 Å². The second kappa shape index (κ2) is 9.88. The van der Waals surface area contributed by atoms with Crippen molar-refractivity contribution < 1.29 is 18.0 Å². The predicted molar refractivity (Wildman–Crippen MR) is 121 cm³/mol. The lowest BCUT2D eigenvalue weighted by atomic mass is 9.95. The van der Waals surface area contributed by atoms with Crippen LogP contribution < -0.4 is 5.32 Å². The average molecular weight is 465 g/mol. The Hall–Kier alpha value is -2.30. The van der Waals surface area contributed by atoms with E-state index in [9.17, 15) is 18.0 Å².